The van der Waals surface area contributed by atoms with Crippen molar-refractivity contribution in [2.45, 2.75) is 76.5 Å². The first kappa shape index (κ1) is 17.2. The number of piperidine rings is 1. The van der Waals surface area contributed by atoms with E-state index in [-0.39, 0.29) is 18.1 Å². The van der Waals surface area contributed by atoms with E-state index in [1.165, 1.54) is 51.4 Å². The normalized spacial score (nSPS) is 24.5. The molecular weight excluding hydrogens is 304 g/mol. The van der Waals surface area contributed by atoms with Crippen LogP contribution in [0.25, 0.3) is 0 Å². The summed E-state index contributed by atoms with van der Waals surface area (Å²) in [4.78, 5) is 18.8. The number of carbonyl (C=O) groups is 1. The Morgan fingerprint density at radius 1 is 1.25 bits per heavy atom. The van der Waals surface area contributed by atoms with E-state index in [2.05, 4.69) is 25.6 Å². The third-order valence-corrected chi connectivity index (χ3v) is 5.18. The molecule has 2 amide bonds. The standard InChI is InChI=1S/C17H30N6O/c1-14(10-23-13-18-12-19-23)20-17(24)21-15-6-5-9-22(11-15)16-7-3-2-4-8-16/h12-16H,2-11H2,1H3,(H2,20,21,24)/t14-,15-/m1/s1. The number of hydrogen-bond acceptors (Lipinski definition) is 4. The Morgan fingerprint density at radius 3 is 2.83 bits per heavy atom. The van der Waals surface area contributed by atoms with Crippen LogP contribution < -0.4 is 10.6 Å². The molecule has 0 radical (unpaired) electrons. The van der Waals surface area contributed by atoms with Gasteiger partial charge in [0.25, 0.3) is 0 Å². The van der Waals surface area contributed by atoms with Gasteiger partial charge in [-0.25, -0.2) is 9.78 Å². The van der Waals surface area contributed by atoms with Gasteiger partial charge in [0.2, 0.25) is 0 Å². The minimum absolute atomic E-state index is 0.0183. The van der Waals surface area contributed by atoms with Crippen LogP contribution in [0, 0.1) is 0 Å². The van der Waals surface area contributed by atoms with Crippen LogP contribution in [0.15, 0.2) is 12.7 Å². The number of amides is 2. The lowest BCUT2D eigenvalue weighted by molar-refractivity contribution is 0.112. The monoisotopic (exact) mass is 334 g/mol. The number of nitrogens with one attached hydrogen (secondary N) is 2. The molecule has 2 aliphatic rings. The van der Waals surface area contributed by atoms with Gasteiger partial charge in [0.15, 0.2) is 0 Å². The molecule has 134 valence electrons. The van der Waals surface area contributed by atoms with Gasteiger partial charge < -0.3 is 10.6 Å². The second kappa shape index (κ2) is 8.46. The Morgan fingerprint density at radius 2 is 2.08 bits per heavy atom. The summed E-state index contributed by atoms with van der Waals surface area (Å²) in [7, 11) is 0. The number of rotatable bonds is 5. The average molecular weight is 334 g/mol. The van der Waals surface area contributed by atoms with Gasteiger partial charge in [0.1, 0.15) is 12.7 Å². The molecule has 0 aromatic carbocycles. The molecule has 0 bridgehead atoms. The number of hydrogen-bond donors (Lipinski definition) is 2. The van der Waals surface area contributed by atoms with Gasteiger partial charge in [-0.2, -0.15) is 5.10 Å². The summed E-state index contributed by atoms with van der Waals surface area (Å²) in [5, 5.41) is 10.2. The van der Waals surface area contributed by atoms with Gasteiger partial charge in [-0.3, -0.25) is 9.58 Å². The third kappa shape index (κ3) is 4.93. The number of likely N-dealkylation sites (tertiary alicyclic amines) is 1. The largest absolute Gasteiger partial charge is 0.334 e. The van der Waals surface area contributed by atoms with Crippen molar-refractivity contribution in [2.75, 3.05) is 13.1 Å². The minimum Gasteiger partial charge on any atom is -0.334 e. The highest BCUT2D eigenvalue weighted by Crippen LogP contribution is 2.25. The Kier molecular flexibility index (Phi) is 6.07. The molecule has 2 N–H and O–H groups in total. The first-order valence-corrected chi connectivity index (χ1v) is 9.34. The smallest absolute Gasteiger partial charge is 0.315 e. The summed E-state index contributed by atoms with van der Waals surface area (Å²) in [6.45, 7) is 4.80. The zero-order valence-corrected chi connectivity index (χ0v) is 14.7. The van der Waals surface area contributed by atoms with Crippen LogP contribution >= 0.6 is 0 Å². The number of aromatic nitrogens is 3. The molecule has 1 saturated heterocycles. The zero-order chi connectivity index (χ0) is 16.8. The van der Waals surface area contributed by atoms with Crippen molar-refractivity contribution in [3.63, 3.8) is 0 Å². The highest BCUT2D eigenvalue weighted by Gasteiger charge is 2.27. The second-order valence-corrected chi connectivity index (χ2v) is 7.26. The Bertz CT molecular complexity index is 499. The molecule has 0 spiro atoms. The molecule has 0 unspecified atom stereocenters. The van der Waals surface area contributed by atoms with E-state index >= 15 is 0 Å². The summed E-state index contributed by atoms with van der Waals surface area (Å²) in [6, 6.07) is 0.944. The van der Waals surface area contributed by atoms with Gasteiger partial charge in [0.05, 0.1) is 6.54 Å². The topological polar surface area (TPSA) is 75.1 Å². The lowest BCUT2D eigenvalue weighted by Gasteiger charge is -2.40. The van der Waals surface area contributed by atoms with Crippen molar-refractivity contribution in [3.8, 4) is 0 Å². The van der Waals surface area contributed by atoms with Crippen molar-refractivity contribution in [2.24, 2.45) is 0 Å². The van der Waals surface area contributed by atoms with Gasteiger partial charge in [-0.1, -0.05) is 19.3 Å². The molecule has 24 heavy (non-hydrogen) atoms. The van der Waals surface area contributed by atoms with Crippen LogP contribution in [0.5, 0.6) is 0 Å². The van der Waals surface area contributed by atoms with Crippen molar-refractivity contribution >= 4 is 6.03 Å². The molecular formula is C17H30N6O. The lowest BCUT2D eigenvalue weighted by atomic mass is 9.92. The van der Waals surface area contributed by atoms with Crippen molar-refractivity contribution in [1.82, 2.24) is 30.3 Å². The molecule has 1 aromatic heterocycles. The molecule has 7 heteroatoms. The summed E-state index contributed by atoms with van der Waals surface area (Å²) >= 11 is 0. The number of urea groups is 1. The Hall–Kier alpha value is -1.63. The molecule has 1 aromatic rings. The summed E-state index contributed by atoms with van der Waals surface area (Å²) < 4.78 is 1.73. The Labute approximate surface area is 144 Å². The molecule has 1 aliphatic carbocycles. The van der Waals surface area contributed by atoms with E-state index in [9.17, 15) is 4.79 Å². The first-order valence-electron chi connectivity index (χ1n) is 9.34. The molecule has 7 nitrogen and oxygen atoms in total. The molecule has 1 saturated carbocycles. The molecule has 2 atom stereocenters. The predicted molar refractivity (Wildman–Crippen MR) is 92.6 cm³/mol. The van der Waals surface area contributed by atoms with Crippen LogP contribution in [-0.2, 0) is 6.54 Å². The van der Waals surface area contributed by atoms with E-state index < -0.39 is 0 Å². The maximum Gasteiger partial charge on any atom is 0.315 e. The van der Waals surface area contributed by atoms with E-state index in [1.54, 1.807) is 11.0 Å². The van der Waals surface area contributed by atoms with Gasteiger partial charge in [0, 0.05) is 24.7 Å². The highest BCUT2D eigenvalue weighted by atomic mass is 16.2. The first-order chi connectivity index (χ1) is 11.7. The Balaban J connectivity index is 1.41. The van der Waals surface area contributed by atoms with E-state index in [0.29, 0.717) is 6.54 Å². The summed E-state index contributed by atoms with van der Waals surface area (Å²) in [5.41, 5.74) is 0. The fourth-order valence-electron chi connectivity index (χ4n) is 4.01. The zero-order valence-electron chi connectivity index (χ0n) is 14.7. The van der Waals surface area contributed by atoms with E-state index in [0.717, 1.165) is 19.0 Å². The summed E-state index contributed by atoms with van der Waals surface area (Å²) in [6.07, 6.45) is 12.2. The quantitative estimate of drug-likeness (QED) is 0.860. The molecule has 2 fully saturated rings. The van der Waals surface area contributed by atoms with E-state index in [4.69, 9.17) is 0 Å². The SMILES string of the molecule is C[C@H](Cn1cncn1)NC(=O)N[C@@H]1CCCN(C2CCCCC2)C1. The average Bonchev–Trinajstić information content (AvgIpc) is 3.08. The van der Waals surface area contributed by atoms with Crippen LogP contribution in [0.1, 0.15) is 51.9 Å². The lowest BCUT2D eigenvalue weighted by Crippen LogP contribution is -2.54. The number of carbonyl (C=O) groups excluding carboxylic acids is 1. The van der Waals surface area contributed by atoms with Gasteiger partial charge in [-0.15, -0.1) is 0 Å². The van der Waals surface area contributed by atoms with Crippen molar-refractivity contribution in [1.29, 1.82) is 0 Å². The van der Waals surface area contributed by atoms with Crippen LogP contribution in [0.2, 0.25) is 0 Å². The van der Waals surface area contributed by atoms with Crippen LogP contribution in [-0.4, -0.2) is 56.9 Å². The van der Waals surface area contributed by atoms with E-state index in [1.807, 2.05) is 6.92 Å². The van der Waals surface area contributed by atoms with Crippen LogP contribution in [0.4, 0.5) is 4.79 Å². The molecule has 2 heterocycles. The molecule has 1 aliphatic heterocycles. The maximum absolute atomic E-state index is 12.2. The molecule has 3 rings (SSSR count). The third-order valence-electron chi connectivity index (χ3n) is 5.18. The van der Waals surface area contributed by atoms with Gasteiger partial charge in [-0.05, 0) is 39.2 Å². The van der Waals surface area contributed by atoms with Crippen LogP contribution in [0.3, 0.4) is 0 Å². The fraction of sp³-hybridized carbons (Fsp3) is 0.824. The van der Waals surface area contributed by atoms with Crippen molar-refractivity contribution in [3.05, 3.63) is 12.7 Å². The fourth-order valence-corrected chi connectivity index (χ4v) is 4.01. The predicted octanol–water partition coefficient (Wildman–Crippen LogP) is 1.76. The number of nitrogens with zero attached hydrogens (tertiary/aromatic N) is 4. The highest BCUT2D eigenvalue weighted by molar-refractivity contribution is 5.74. The maximum atomic E-state index is 12.2. The second-order valence-electron chi connectivity index (χ2n) is 7.26. The van der Waals surface area contributed by atoms with Crippen molar-refractivity contribution < 1.29 is 4.79 Å². The minimum atomic E-state index is -0.0712. The van der Waals surface area contributed by atoms with Gasteiger partial charge >= 0.3 is 6.03 Å². The summed E-state index contributed by atoms with van der Waals surface area (Å²) in [5.74, 6) is 0.